The molecular formula is C16H10BrCl2F2N3O2S. The molecule has 0 aliphatic carbocycles. The Hall–Kier alpha value is -1.68. The predicted octanol–water partition coefficient (Wildman–Crippen LogP) is 5.08. The Bertz CT molecular complexity index is 1120. The Labute approximate surface area is 172 Å². The normalized spacial score (nSPS) is 11.6. The molecule has 27 heavy (non-hydrogen) atoms. The summed E-state index contributed by atoms with van der Waals surface area (Å²) in [6.07, 6.45) is 1.54. The Morgan fingerprint density at radius 3 is 2.52 bits per heavy atom. The molecule has 0 atom stereocenters. The molecule has 11 heteroatoms. The van der Waals surface area contributed by atoms with E-state index in [4.69, 9.17) is 23.2 Å². The predicted molar refractivity (Wildman–Crippen MR) is 103 cm³/mol. The Kier molecular flexibility index (Phi) is 5.76. The number of benzene rings is 2. The summed E-state index contributed by atoms with van der Waals surface area (Å²) in [7, 11) is -4.29. The van der Waals surface area contributed by atoms with Gasteiger partial charge < -0.3 is 0 Å². The SMILES string of the molecule is O=S(=O)(Nc1nn(Cc2ccc(Cl)c(Cl)c2)cc1Br)c1ccc(F)cc1F. The van der Waals surface area contributed by atoms with E-state index in [2.05, 4.69) is 25.8 Å². The molecule has 1 N–H and O–H groups in total. The highest BCUT2D eigenvalue weighted by molar-refractivity contribution is 9.10. The van der Waals surface area contributed by atoms with Crippen molar-refractivity contribution in [1.29, 1.82) is 0 Å². The topological polar surface area (TPSA) is 64.0 Å². The van der Waals surface area contributed by atoms with Gasteiger partial charge in [-0.3, -0.25) is 9.40 Å². The number of anilines is 1. The Morgan fingerprint density at radius 2 is 1.85 bits per heavy atom. The lowest BCUT2D eigenvalue weighted by Crippen LogP contribution is -2.15. The second-order valence-electron chi connectivity index (χ2n) is 5.45. The van der Waals surface area contributed by atoms with Crippen LogP contribution in [0, 0.1) is 11.6 Å². The van der Waals surface area contributed by atoms with Gasteiger partial charge in [-0.2, -0.15) is 5.10 Å². The summed E-state index contributed by atoms with van der Waals surface area (Å²) in [6.45, 7) is 0.294. The van der Waals surface area contributed by atoms with E-state index >= 15 is 0 Å². The fraction of sp³-hybridized carbons (Fsp3) is 0.0625. The van der Waals surface area contributed by atoms with Gasteiger partial charge in [0.25, 0.3) is 10.0 Å². The molecule has 0 spiro atoms. The van der Waals surface area contributed by atoms with Gasteiger partial charge in [-0.1, -0.05) is 29.3 Å². The molecule has 1 heterocycles. The van der Waals surface area contributed by atoms with Crippen LogP contribution in [0.15, 0.2) is 52.0 Å². The molecule has 0 fully saturated rings. The lowest BCUT2D eigenvalue weighted by atomic mass is 10.2. The lowest BCUT2D eigenvalue weighted by molar-refractivity contribution is 0.551. The van der Waals surface area contributed by atoms with Crippen LogP contribution in [-0.4, -0.2) is 18.2 Å². The van der Waals surface area contributed by atoms with E-state index in [1.165, 1.54) is 4.68 Å². The molecule has 2 aromatic carbocycles. The third kappa shape index (κ3) is 4.60. The van der Waals surface area contributed by atoms with Crippen LogP contribution >= 0.6 is 39.1 Å². The van der Waals surface area contributed by atoms with Crippen LogP contribution in [0.5, 0.6) is 0 Å². The van der Waals surface area contributed by atoms with Gasteiger partial charge in [-0.25, -0.2) is 17.2 Å². The molecule has 1 aromatic heterocycles. The summed E-state index contributed by atoms with van der Waals surface area (Å²) in [4.78, 5) is -0.685. The fourth-order valence-electron chi connectivity index (χ4n) is 2.25. The first kappa shape index (κ1) is 20.1. The quantitative estimate of drug-likeness (QED) is 0.535. The van der Waals surface area contributed by atoms with Gasteiger partial charge in [-0.05, 0) is 45.8 Å². The summed E-state index contributed by atoms with van der Waals surface area (Å²) >= 11 is 15.0. The van der Waals surface area contributed by atoms with E-state index in [1.807, 2.05) is 0 Å². The van der Waals surface area contributed by atoms with E-state index in [0.29, 0.717) is 27.1 Å². The molecule has 0 saturated heterocycles. The number of halogens is 5. The first-order chi connectivity index (χ1) is 12.7. The number of rotatable bonds is 5. The van der Waals surface area contributed by atoms with Crippen LogP contribution in [0.3, 0.4) is 0 Å². The van der Waals surface area contributed by atoms with Crippen molar-refractivity contribution in [3.63, 3.8) is 0 Å². The summed E-state index contributed by atoms with van der Waals surface area (Å²) in [5, 5.41) is 4.92. The summed E-state index contributed by atoms with van der Waals surface area (Å²) in [6, 6.07) is 7.24. The van der Waals surface area contributed by atoms with Gasteiger partial charge in [0.1, 0.15) is 16.5 Å². The Balaban J connectivity index is 1.84. The molecule has 5 nitrogen and oxygen atoms in total. The van der Waals surface area contributed by atoms with Crippen LogP contribution in [0.4, 0.5) is 14.6 Å². The number of sulfonamides is 1. The summed E-state index contributed by atoms with van der Waals surface area (Å²) in [5.41, 5.74) is 0.790. The van der Waals surface area contributed by atoms with Gasteiger partial charge in [0, 0.05) is 12.3 Å². The van der Waals surface area contributed by atoms with Crippen molar-refractivity contribution in [3.05, 3.63) is 74.3 Å². The van der Waals surface area contributed by atoms with Crippen LogP contribution in [-0.2, 0) is 16.6 Å². The molecule has 0 unspecified atom stereocenters. The first-order valence-corrected chi connectivity index (χ1v) is 10.3. The number of hydrogen-bond donors (Lipinski definition) is 1. The maximum Gasteiger partial charge on any atom is 0.266 e. The second kappa shape index (κ2) is 7.75. The van der Waals surface area contributed by atoms with Crippen molar-refractivity contribution in [2.75, 3.05) is 4.72 Å². The molecule has 0 aliphatic heterocycles. The minimum absolute atomic E-state index is 0.0428. The zero-order valence-electron chi connectivity index (χ0n) is 13.3. The van der Waals surface area contributed by atoms with Gasteiger partial charge in [0.05, 0.1) is 21.1 Å². The molecule has 3 aromatic rings. The highest BCUT2D eigenvalue weighted by Crippen LogP contribution is 2.26. The molecule has 0 radical (unpaired) electrons. The number of nitrogens with one attached hydrogen (secondary N) is 1. The van der Waals surface area contributed by atoms with E-state index in [0.717, 1.165) is 17.7 Å². The minimum Gasteiger partial charge on any atom is -0.265 e. The van der Waals surface area contributed by atoms with E-state index < -0.39 is 26.6 Å². The van der Waals surface area contributed by atoms with E-state index in [1.54, 1.807) is 24.4 Å². The zero-order valence-corrected chi connectivity index (χ0v) is 17.2. The third-order valence-corrected chi connectivity index (χ3v) is 6.15. The van der Waals surface area contributed by atoms with Crippen LogP contribution in [0.2, 0.25) is 10.0 Å². The zero-order chi connectivity index (χ0) is 19.8. The third-order valence-electron chi connectivity index (χ3n) is 3.46. The van der Waals surface area contributed by atoms with Crippen molar-refractivity contribution >= 4 is 55.0 Å². The van der Waals surface area contributed by atoms with Crippen molar-refractivity contribution < 1.29 is 17.2 Å². The van der Waals surface area contributed by atoms with Gasteiger partial charge in [0.2, 0.25) is 0 Å². The molecular weight excluding hydrogens is 487 g/mol. The van der Waals surface area contributed by atoms with E-state index in [9.17, 15) is 17.2 Å². The average molecular weight is 497 g/mol. The lowest BCUT2D eigenvalue weighted by Gasteiger charge is -2.07. The standard InChI is InChI=1S/C16H10BrCl2F2N3O2S/c17-11-8-24(7-9-1-3-12(18)13(19)5-9)22-16(11)23-27(25,26)15-4-2-10(20)6-14(15)21/h1-6,8H,7H2,(H,22,23). The van der Waals surface area contributed by atoms with Crippen LogP contribution in [0.25, 0.3) is 0 Å². The summed E-state index contributed by atoms with van der Waals surface area (Å²) < 4.78 is 55.5. The highest BCUT2D eigenvalue weighted by Gasteiger charge is 2.22. The molecule has 0 saturated carbocycles. The Morgan fingerprint density at radius 1 is 1.11 bits per heavy atom. The average Bonchev–Trinajstić information content (AvgIpc) is 2.89. The number of hydrogen-bond acceptors (Lipinski definition) is 3. The van der Waals surface area contributed by atoms with Crippen LogP contribution in [0.1, 0.15) is 5.56 Å². The van der Waals surface area contributed by atoms with Gasteiger partial charge in [0.15, 0.2) is 5.82 Å². The largest absolute Gasteiger partial charge is 0.266 e. The molecule has 3 rings (SSSR count). The smallest absolute Gasteiger partial charge is 0.265 e. The second-order valence-corrected chi connectivity index (χ2v) is 8.77. The molecule has 0 aliphatic rings. The maximum atomic E-state index is 13.8. The van der Waals surface area contributed by atoms with Gasteiger partial charge in [-0.15, -0.1) is 0 Å². The first-order valence-electron chi connectivity index (χ1n) is 7.30. The highest BCUT2D eigenvalue weighted by atomic mass is 79.9. The number of nitrogens with zero attached hydrogens (tertiary/aromatic N) is 2. The number of aromatic nitrogens is 2. The van der Waals surface area contributed by atoms with Crippen molar-refractivity contribution in [2.45, 2.75) is 11.4 Å². The minimum atomic E-state index is -4.29. The van der Waals surface area contributed by atoms with Crippen molar-refractivity contribution in [3.8, 4) is 0 Å². The monoisotopic (exact) mass is 495 g/mol. The van der Waals surface area contributed by atoms with Crippen LogP contribution < -0.4 is 4.72 Å². The van der Waals surface area contributed by atoms with Crippen molar-refractivity contribution in [1.82, 2.24) is 9.78 Å². The molecule has 0 bridgehead atoms. The van der Waals surface area contributed by atoms with E-state index in [-0.39, 0.29) is 5.82 Å². The van der Waals surface area contributed by atoms with Gasteiger partial charge >= 0.3 is 0 Å². The summed E-state index contributed by atoms with van der Waals surface area (Å²) in [5.74, 6) is -2.12. The fourth-order valence-corrected chi connectivity index (χ4v) is 4.19. The molecule has 0 amide bonds. The van der Waals surface area contributed by atoms with Crippen molar-refractivity contribution in [2.24, 2.45) is 0 Å². The molecule has 142 valence electrons. The maximum absolute atomic E-state index is 13.8.